The molecule has 0 aliphatic carbocycles. The quantitative estimate of drug-likeness (QED) is 0.369. The third kappa shape index (κ3) is 4.68. The van der Waals surface area contributed by atoms with Crippen molar-refractivity contribution in [3.8, 4) is 10.6 Å². The fourth-order valence-corrected chi connectivity index (χ4v) is 5.09. The highest BCUT2D eigenvalue weighted by molar-refractivity contribution is 7.94. The monoisotopic (exact) mass is 469 g/mol. The van der Waals surface area contributed by atoms with Crippen LogP contribution in [0.3, 0.4) is 0 Å². The fourth-order valence-electron chi connectivity index (χ4n) is 2.77. The van der Waals surface area contributed by atoms with Gasteiger partial charge >= 0.3 is 5.97 Å². The van der Waals surface area contributed by atoms with Crippen molar-refractivity contribution in [1.29, 1.82) is 0 Å². The van der Waals surface area contributed by atoms with Crippen LogP contribution in [0.2, 0.25) is 0 Å². The molecule has 3 N–H and O–H groups in total. The van der Waals surface area contributed by atoms with Gasteiger partial charge < -0.3 is 14.9 Å². The molecule has 32 heavy (non-hydrogen) atoms. The number of nitrogens with zero attached hydrogens (tertiary/aromatic N) is 1. The van der Waals surface area contributed by atoms with E-state index in [1.54, 1.807) is 18.2 Å². The molecule has 2 aromatic heterocycles. The Morgan fingerprint density at radius 1 is 0.938 bits per heavy atom. The van der Waals surface area contributed by atoms with Crippen molar-refractivity contribution in [2.24, 2.45) is 0 Å². The van der Waals surface area contributed by atoms with Gasteiger partial charge in [0, 0.05) is 23.0 Å². The molecular formula is C21H15N3O6S2. The molecule has 1 amide bonds. The molecule has 0 aliphatic heterocycles. The number of carboxylic acid groups (broad SMARTS) is 1. The second-order valence-corrected chi connectivity index (χ2v) is 9.52. The second-order valence-electron chi connectivity index (χ2n) is 6.53. The van der Waals surface area contributed by atoms with Crippen molar-refractivity contribution >= 4 is 44.6 Å². The summed E-state index contributed by atoms with van der Waals surface area (Å²) < 4.78 is 32.8. The minimum Gasteiger partial charge on any atom is -0.478 e. The summed E-state index contributed by atoms with van der Waals surface area (Å²) in [6.45, 7) is 0. The molecule has 0 fully saturated rings. The molecule has 0 radical (unpaired) electrons. The predicted molar refractivity (Wildman–Crippen MR) is 118 cm³/mol. The van der Waals surface area contributed by atoms with Gasteiger partial charge in [-0.25, -0.2) is 13.2 Å². The van der Waals surface area contributed by atoms with E-state index in [-0.39, 0.29) is 21.0 Å². The summed E-state index contributed by atoms with van der Waals surface area (Å²) >= 11 is 1.04. The number of benzene rings is 2. The first-order valence-corrected chi connectivity index (χ1v) is 11.4. The number of hydrogen-bond donors (Lipinski definition) is 3. The lowest BCUT2D eigenvalue weighted by atomic mass is 10.1. The van der Waals surface area contributed by atoms with Gasteiger partial charge in [0.15, 0.2) is 0 Å². The van der Waals surface area contributed by atoms with Gasteiger partial charge in [-0.2, -0.15) is 0 Å². The average molecular weight is 470 g/mol. The lowest BCUT2D eigenvalue weighted by Crippen LogP contribution is -2.14. The Balaban J connectivity index is 1.48. The average Bonchev–Trinajstić information content (AvgIpc) is 3.46. The van der Waals surface area contributed by atoms with Gasteiger partial charge in [-0.15, -0.1) is 11.3 Å². The number of amides is 1. The molecule has 162 valence electrons. The normalized spacial score (nSPS) is 11.1. The first-order chi connectivity index (χ1) is 15.3. The molecule has 0 spiro atoms. The van der Waals surface area contributed by atoms with Crippen molar-refractivity contribution in [1.82, 2.24) is 5.16 Å². The molecule has 11 heteroatoms. The first kappa shape index (κ1) is 21.3. The summed E-state index contributed by atoms with van der Waals surface area (Å²) in [4.78, 5) is 24.1. The minimum absolute atomic E-state index is 0.0869. The number of anilines is 2. The molecule has 0 saturated carbocycles. The van der Waals surface area contributed by atoms with E-state index >= 15 is 0 Å². The highest BCUT2D eigenvalue weighted by atomic mass is 32.2. The van der Waals surface area contributed by atoms with E-state index in [4.69, 9.17) is 9.63 Å². The van der Waals surface area contributed by atoms with E-state index in [9.17, 15) is 18.0 Å². The smallest absolute Gasteiger partial charge is 0.335 e. The van der Waals surface area contributed by atoms with Crippen LogP contribution in [-0.4, -0.2) is 30.6 Å². The maximum atomic E-state index is 12.8. The number of aromatic carboxylic acids is 1. The van der Waals surface area contributed by atoms with Crippen molar-refractivity contribution in [2.75, 3.05) is 10.0 Å². The maximum absolute atomic E-state index is 12.8. The molecule has 4 aromatic rings. The van der Waals surface area contributed by atoms with Crippen LogP contribution in [0.25, 0.3) is 10.6 Å². The first-order valence-electron chi connectivity index (χ1n) is 9.10. The Kier molecular flexibility index (Phi) is 5.75. The van der Waals surface area contributed by atoms with Crippen molar-refractivity contribution in [3.05, 3.63) is 84.1 Å². The molecule has 2 heterocycles. The Hall–Kier alpha value is -3.96. The van der Waals surface area contributed by atoms with Crippen LogP contribution in [0.4, 0.5) is 11.4 Å². The zero-order chi connectivity index (χ0) is 22.7. The molecule has 9 nitrogen and oxygen atoms in total. The number of thiophene rings is 1. The van der Waals surface area contributed by atoms with Crippen molar-refractivity contribution < 1.29 is 27.6 Å². The fraction of sp³-hybridized carbons (Fsp3) is 0. The topological polar surface area (TPSA) is 139 Å². The van der Waals surface area contributed by atoms with Crippen molar-refractivity contribution in [3.63, 3.8) is 0 Å². The number of carbonyl (C=O) groups is 2. The predicted octanol–water partition coefficient (Wildman–Crippen LogP) is 4.15. The van der Waals surface area contributed by atoms with E-state index < -0.39 is 21.9 Å². The van der Waals surface area contributed by atoms with E-state index in [2.05, 4.69) is 15.2 Å². The minimum atomic E-state index is -3.88. The summed E-state index contributed by atoms with van der Waals surface area (Å²) in [6, 6.07) is 16.4. The van der Waals surface area contributed by atoms with Crippen molar-refractivity contribution in [2.45, 2.75) is 4.21 Å². The van der Waals surface area contributed by atoms with Gasteiger partial charge in [0.25, 0.3) is 15.9 Å². The molecule has 0 saturated heterocycles. The Morgan fingerprint density at radius 2 is 1.72 bits per heavy atom. The third-order valence-corrected chi connectivity index (χ3v) is 7.28. The van der Waals surface area contributed by atoms with Gasteiger partial charge in [-0.1, -0.05) is 11.2 Å². The van der Waals surface area contributed by atoms with E-state index in [0.717, 1.165) is 11.3 Å². The highest BCUT2D eigenvalue weighted by Crippen LogP contribution is 2.30. The molecule has 0 atom stereocenters. The van der Waals surface area contributed by atoms with Crippen LogP contribution in [0.1, 0.15) is 20.7 Å². The van der Waals surface area contributed by atoms with E-state index in [1.165, 1.54) is 54.8 Å². The summed E-state index contributed by atoms with van der Waals surface area (Å²) in [5, 5.41) is 15.4. The largest absolute Gasteiger partial charge is 0.478 e. The van der Waals surface area contributed by atoms with Gasteiger partial charge in [0.05, 0.1) is 10.4 Å². The van der Waals surface area contributed by atoms with E-state index in [1.807, 2.05) is 0 Å². The summed E-state index contributed by atoms with van der Waals surface area (Å²) in [6.07, 6.45) is 1.40. The highest BCUT2D eigenvalue weighted by Gasteiger charge is 2.19. The molecular weight excluding hydrogens is 454 g/mol. The zero-order valence-corrected chi connectivity index (χ0v) is 17.8. The zero-order valence-electron chi connectivity index (χ0n) is 16.2. The van der Waals surface area contributed by atoms with Crippen LogP contribution in [-0.2, 0) is 10.0 Å². The standard InChI is InChI=1S/C21H15N3O6S2/c25-20(22-15-6-4-13(5-7-15)21(26)27)14-2-1-3-16(12-14)24-32(28,29)19-9-8-18(31-19)17-10-11-30-23-17/h1-12,24H,(H,22,25)(H,26,27). The Bertz CT molecular complexity index is 1380. The number of carbonyl (C=O) groups excluding carboxylic acids is 1. The summed E-state index contributed by atoms with van der Waals surface area (Å²) in [5.74, 6) is -1.54. The van der Waals surface area contributed by atoms with Gasteiger partial charge in [0.2, 0.25) is 0 Å². The summed E-state index contributed by atoms with van der Waals surface area (Å²) in [7, 11) is -3.88. The maximum Gasteiger partial charge on any atom is 0.335 e. The SMILES string of the molecule is O=C(O)c1ccc(NC(=O)c2cccc(NS(=O)(=O)c3ccc(-c4ccon4)s3)c2)cc1. The molecule has 2 aromatic carbocycles. The lowest BCUT2D eigenvalue weighted by Gasteiger charge is -2.09. The van der Waals surface area contributed by atoms with Crippen LogP contribution in [0.5, 0.6) is 0 Å². The van der Waals surface area contributed by atoms with Crippen LogP contribution in [0, 0.1) is 0 Å². The van der Waals surface area contributed by atoms with Crippen LogP contribution >= 0.6 is 11.3 Å². The molecule has 0 unspecified atom stereocenters. The molecule has 0 bridgehead atoms. The molecule has 4 rings (SSSR count). The molecule has 0 aliphatic rings. The van der Waals surface area contributed by atoms with Gasteiger partial charge in [-0.05, 0) is 54.6 Å². The lowest BCUT2D eigenvalue weighted by molar-refractivity contribution is 0.0696. The number of rotatable bonds is 7. The number of nitrogens with one attached hydrogen (secondary N) is 2. The number of carboxylic acids is 1. The Morgan fingerprint density at radius 3 is 2.41 bits per heavy atom. The number of sulfonamides is 1. The van der Waals surface area contributed by atoms with Gasteiger partial charge in [0.1, 0.15) is 16.2 Å². The number of aromatic nitrogens is 1. The second kappa shape index (κ2) is 8.65. The number of hydrogen-bond acceptors (Lipinski definition) is 7. The van der Waals surface area contributed by atoms with Crippen LogP contribution in [0.15, 0.2) is 81.7 Å². The van der Waals surface area contributed by atoms with E-state index in [0.29, 0.717) is 16.3 Å². The van der Waals surface area contributed by atoms with Crippen LogP contribution < -0.4 is 10.0 Å². The Labute approximate surface area is 186 Å². The summed E-state index contributed by atoms with van der Waals surface area (Å²) in [5.41, 5.74) is 1.48. The van der Waals surface area contributed by atoms with Gasteiger partial charge in [-0.3, -0.25) is 9.52 Å². The third-order valence-electron chi connectivity index (χ3n) is 4.30.